The quantitative estimate of drug-likeness (QED) is 0.710. The van der Waals surface area contributed by atoms with E-state index in [9.17, 15) is 0 Å². The Morgan fingerprint density at radius 2 is 1.87 bits per heavy atom. The normalized spacial score (nSPS) is 23.2. The van der Waals surface area contributed by atoms with E-state index < -0.39 is 0 Å². The minimum absolute atomic E-state index is 0.507. The van der Waals surface area contributed by atoms with Gasteiger partial charge in [-0.1, -0.05) is 31.4 Å². The van der Waals surface area contributed by atoms with Gasteiger partial charge in [-0.2, -0.15) is 0 Å². The Morgan fingerprint density at radius 1 is 1.07 bits per heavy atom. The average Bonchev–Trinajstić information content (AvgIpc) is 2.30. The van der Waals surface area contributed by atoms with E-state index in [0.29, 0.717) is 4.75 Å². The summed E-state index contributed by atoms with van der Waals surface area (Å²) in [5, 5.41) is 3.60. The second-order valence-electron chi connectivity index (χ2n) is 4.70. The maximum atomic E-state index is 3.60. The Hall–Kier alpha value is -0.630. The number of thioether (sulfide) groups is 1. The average molecular weight is 219 g/mol. The summed E-state index contributed by atoms with van der Waals surface area (Å²) >= 11 is 2.12. The van der Waals surface area contributed by atoms with Crippen LogP contribution < -0.4 is 5.32 Å². The standard InChI is InChI=1S/C13H17NS/c1-4-8-13(9-5-1)10-14-11-6-2-3-7-12(11)15-13/h2-3,6-7,14H,1,4-5,8-10H2. The van der Waals surface area contributed by atoms with E-state index in [1.54, 1.807) is 0 Å². The maximum absolute atomic E-state index is 3.60. The highest BCUT2D eigenvalue weighted by Gasteiger charge is 2.36. The number of benzene rings is 1. The molecule has 1 aliphatic heterocycles. The van der Waals surface area contributed by atoms with Gasteiger partial charge in [0, 0.05) is 21.9 Å². The Labute approximate surface area is 95.6 Å². The SMILES string of the molecule is c1ccc2c(c1)NCC1(CCCCC1)S2. The van der Waals surface area contributed by atoms with Crippen LogP contribution in [-0.2, 0) is 0 Å². The number of rotatable bonds is 0. The topological polar surface area (TPSA) is 12.0 Å². The van der Waals surface area contributed by atoms with Crippen molar-refractivity contribution in [2.75, 3.05) is 11.9 Å². The van der Waals surface area contributed by atoms with Gasteiger partial charge >= 0.3 is 0 Å². The maximum Gasteiger partial charge on any atom is 0.0479 e. The molecule has 0 saturated heterocycles. The molecule has 1 aromatic carbocycles. The molecular weight excluding hydrogens is 202 g/mol. The molecule has 1 aliphatic carbocycles. The molecule has 2 heteroatoms. The lowest BCUT2D eigenvalue weighted by molar-refractivity contribution is 0.408. The van der Waals surface area contributed by atoms with E-state index >= 15 is 0 Å². The van der Waals surface area contributed by atoms with Gasteiger partial charge in [0.25, 0.3) is 0 Å². The van der Waals surface area contributed by atoms with Crippen LogP contribution in [0.3, 0.4) is 0 Å². The monoisotopic (exact) mass is 219 g/mol. The van der Waals surface area contributed by atoms with Crippen LogP contribution in [0.1, 0.15) is 32.1 Å². The fourth-order valence-corrected chi connectivity index (χ4v) is 4.20. The molecule has 1 aromatic rings. The van der Waals surface area contributed by atoms with Crippen molar-refractivity contribution >= 4 is 17.4 Å². The number of nitrogens with one attached hydrogen (secondary N) is 1. The fraction of sp³-hybridized carbons (Fsp3) is 0.538. The van der Waals surface area contributed by atoms with Crippen molar-refractivity contribution in [3.8, 4) is 0 Å². The van der Waals surface area contributed by atoms with E-state index in [0.717, 1.165) is 6.54 Å². The summed E-state index contributed by atoms with van der Waals surface area (Å²) in [6, 6.07) is 8.71. The first-order valence-corrected chi connectivity index (χ1v) is 6.72. The molecule has 1 saturated carbocycles. The molecule has 1 nitrogen and oxygen atoms in total. The largest absolute Gasteiger partial charge is 0.383 e. The summed E-state index contributed by atoms with van der Waals surface area (Å²) in [6.45, 7) is 1.16. The van der Waals surface area contributed by atoms with Gasteiger partial charge in [0.05, 0.1) is 0 Å². The number of para-hydroxylation sites is 1. The van der Waals surface area contributed by atoms with Crippen molar-refractivity contribution in [3.63, 3.8) is 0 Å². The smallest absolute Gasteiger partial charge is 0.0479 e. The molecule has 0 bridgehead atoms. The number of fused-ring (bicyclic) bond motifs is 1. The molecule has 80 valence electrons. The molecule has 15 heavy (non-hydrogen) atoms. The first-order valence-electron chi connectivity index (χ1n) is 5.90. The third kappa shape index (κ3) is 1.76. The predicted molar refractivity (Wildman–Crippen MR) is 66.6 cm³/mol. The summed E-state index contributed by atoms with van der Waals surface area (Å²) < 4.78 is 0.507. The second-order valence-corrected chi connectivity index (χ2v) is 6.21. The summed E-state index contributed by atoms with van der Waals surface area (Å²) in [5.41, 5.74) is 1.33. The molecule has 0 aromatic heterocycles. The highest BCUT2D eigenvalue weighted by molar-refractivity contribution is 8.01. The van der Waals surface area contributed by atoms with E-state index in [1.807, 2.05) is 0 Å². The third-order valence-corrected chi connectivity index (χ3v) is 5.14. The number of hydrogen-bond donors (Lipinski definition) is 1. The minimum Gasteiger partial charge on any atom is -0.383 e. The van der Waals surface area contributed by atoms with Gasteiger partial charge in [-0.3, -0.25) is 0 Å². The molecule has 0 amide bonds. The van der Waals surface area contributed by atoms with Gasteiger partial charge in [0.15, 0.2) is 0 Å². The van der Waals surface area contributed by atoms with Gasteiger partial charge in [-0.25, -0.2) is 0 Å². The lowest BCUT2D eigenvalue weighted by atomic mass is 9.88. The summed E-state index contributed by atoms with van der Waals surface area (Å²) in [4.78, 5) is 1.45. The van der Waals surface area contributed by atoms with Crippen molar-refractivity contribution in [2.45, 2.75) is 41.7 Å². The Balaban J connectivity index is 1.87. The lowest BCUT2D eigenvalue weighted by Crippen LogP contribution is -2.38. The highest BCUT2D eigenvalue weighted by atomic mass is 32.2. The Kier molecular flexibility index (Phi) is 2.39. The third-order valence-electron chi connectivity index (χ3n) is 3.58. The summed E-state index contributed by atoms with van der Waals surface area (Å²) in [7, 11) is 0. The van der Waals surface area contributed by atoms with E-state index in [2.05, 4.69) is 41.3 Å². The zero-order chi connectivity index (χ0) is 10.1. The summed E-state index contributed by atoms with van der Waals surface area (Å²) in [5.74, 6) is 0. The molecule has 1 N–H and O–H groups in total. The molecular formula is C13H17NS. The first-order chi connectivity index (χ1) is 7.38. The Morgan fingerprint density at radius 3 is 2.73 bits per heavy atom. The molecule has 1 spiro atoms. The molecule has 1 heterocycles. The molecule has 0 radical (unpaired) electrons. The Bertz CT molecular complexity index is 355. The molecule has 2 aliphatic rings. The molecule has 3 rings (SSSR count). The van der Waals surface area contributed by atoms with Gasteiger partial charge in [-0.15, -0.1) is 11.8 Å². The van der Waals surface area contributed by atoms with Crippen LogP contribution in [0.15, 0.2) is 29.2 Å². The van der Waals surface area contributed by atoms with Crippen LogP contribution >= 0.6 is 11.8 Å². The van der Waals surface area contributed by atoms with Crippen molar-refractivity contribution in [1.29, 1.82) is 0 Å². The molecule has 0 unspecified atom stereocenters. The van der Waals surface area contributed by atoms with Crippen LogP contribution in [0, 0.1) is 0 Å². The van der Waals surface area contributed by atoms with E-state index in [1.165, 1.54) is 42.7 Å². The van der Waals surface area contributed by atoms with Crippen LogP contribution in [0.5, 0.6) is 0 Å². The minimum atomic E-state index is 0.507. The number of anilines is 1. The van der Waals surface area contributed by atoms with E-state index in [4.69, 9.17) is 0 Å². The molecule has 0 atom stereocenters. The van der Waals surface area contributed by atoms with Gasteiger partial charge in [0.1, 0.15) is 0 Å². The van der Waals surface area contributed by atoms with E-state index in [-0.39, 0.29) is 0 Å². The van der Waals surface area contributed by atoms with Crippen LogP contribution in [0.2, 0.25) is 0 Å². The number of hydrogen-bond acceptors (Lipinski definition) is 2. The first kappa shape index (κ1) is 9.59. The summed E-state index contributed by atoms with van der Waals surface area (Å²) in [6.07, 6.45) is 7.04. The predicted octanol–water partition coefficient (Wildman–Crippen LogP) is 3.91. The van der Waals surface area contributed by atoms with Crippen molar-refractivity contribution in [1.82, 2.24) is 0 Å². The van der Waals surface area contributed by atoms with Gasteiger partial charge < -0.3 is 5.32 Å². The highest BCUT2D eigenvalue weighted by Crippen LogP contribution is 2.48. The van der Waals surface area contributed by atoms with Crippen molar-refractivity contribution < 1.29 is 0 Å². The lowest BCUT2D eigenvalue weighted by Gasteiger charge is -2.40. The van der Waals surface area contributed by atoms with Gasteiger partial charge in [-0.05, 0) is 25.0 Å². The second kappa shape index (κ2) is 3.75. The van der Waals surface area contributed by atoms with Crippen LogP contribution in [0.4, 0.5) is 5.69 Å². The van der Waals surface area contributed by atoms with Crippen molar-refractivity contribution in [2.24, 2.45) is 0 Å². The van der Waals surface area contributed by atoms with Crippen LogP contribution in [-0.4, -0.2) is 11.3 Å². The van der Waals surface area contributed by atoms with Crippen LogP contribution in [0.25, 0.3) is 0 Å². The zero-order valence-electron chi connectivity index (χ0n) is 8.96. The zero-order valence-corrected chi connectivity index (χ0v) is 9.78. The van der Waals surface area contributed by atoms with Crippen molar-refractivity contribution in [3.05, 3.63) is 24.3 Å². The molecule has 1 fully saturated rings. The fourth-order valence-electron chi connectivity index (χ4n) is 2.70. The van der Waals surface area contributed by atoms with Gasteiger partial charge in [0.2, 0.25) is 0 Å².